The quantitative estimate of drug-likeness (QED) is 0.395. The van der Waals surface area contributed by atoms with Crippen molar-refractivity contribution in [1.29, 1.82) is 0 Å². The van der Waals surface area contributed by atoms with Crippen LogP contribution < -0.4 is 0 Å². The van der Waals surface area contributed by atoms with Crippen LogP contribution in [0.25, 0.3) is 0 Å². The molecule has 1 aliphatic rings. The highest BCUT2D eigenvalue weighted by Crippen LogP contribution is 1.84. The van der Waals surface area contributed by atoms with Crippen LogP contribution in [0.15, 0.2) is 12.7 Å². The van der Waals surface area contributed by atoms with Gasteiger partial charge in [0.2, 0.25) is 0 Å². The molecule has 8 heavy (non-hydrogen) atoms. The van der Waals surface area contributed by atoms with Crippen molar-refractivity contribution in [3.63, 3.8) is 0 Å². The van der Waals surface area contributed by atoms with Gasteiger partial charge in [0.25, 0.3) is 0 Å². The monoisotopic (exact) mass is 116 g/mol. The lowest BCUT2D eigenvalue weighted by Gasteiger charge is -1.64. The van der Waals surface area contributed by atoms with Gasteiger partial charge in [-0.05, 0) is 0 Å². The SMILES string of the molecule is C1CO1.C=CC(=O)O. The first kappa shape index (κ1) is 7.17. The Morgan fingerprint density at radius 2 is 2.00 bits per heavy atom. The molecular formula is C5H8O3. The van der Waals surface area contributed by atoms with Crippen molar-refractivity contribution < 1.29 is 14.6 Å². The minimum Gasteiger partial charge on any atom is -0.478 e. The van der Waals surface area contributed by atoms with Gasteiger partial charge in [-0.3, -0.25) is 0 Å². The van der Waals surface area contributed by atoms with E-state index in [1.807, 2.05) is 0 Å². The smallest absolute Gasteiger partial charge is 0.327 e. The summed E-state index contributed by atoms with van der Waals surface area (Å²) >= 11 is 0. The molecule has 3 heteroatoms. The topological polar surface area (TPSA) is 49.8 Å². The second kappa shape index (κ2) is 4.33. The van der Waals surface area contributed by atoms with Crippen LogP contribution >= 0.6 is 0 Å². The van der Waals surface area contributed by atoms with Crippen LogP contribution in [0.3, 0.4) is 0 Å². The maximum atomic E-state index is 9.25. The van der Waals surface area contributed by atoms with Gasteiger partial charge in [-0.25, -0.2) is 4.79 Å². The summed E-state index contributed by atoms with van der Waals surface area (Å²) in [7, 11) is 0. The Morgan fingerprint density at radius 1 is 1.75 bits per heavy atom. The van der Waals surface area contributed by atoms with Gasteiger partial charge in [0.05, 0.1) is 13.2 Å². The number of epoxide rings is 1. The van der Waals surface area contributed by atoms with E-state index in [0.717, 1.165) is 19.3 Å². The number of ether oxygens (including phenoxy) is 1. The van der Waals surface area contributed by atoms with Gasteiger partial charge in [0, 0.05) is 6.08 Å². The number of hydrogen-bond acceptors (Lipinski definition) is 2. The summed E-state index contributed by atoms with van der Waals surface area (Å²) in [4.78, 5) is 9.25. The zero-order valence-corrected chi connectivity index (χ0v) is 4.46. The van der Waals surface area contributed by atoms with E-state index in [1.54, 1.807) is 0 Å². The molecule has 1 aliphatic heterocycles. The predicted octanol–water partition coefficient (Wildman–Crippen LogP) is 0.274. The number of hydrogen-bond donors (Lipinski definition) is 1. The lowest BCUT2D eigenvalue weighted by molar-refractivity contribution is -0.131. The maximum Gasteiger partial charge on any atom is 0.327 e. The molecule has 3 nitrogen and oxygen atoms in total. The zero-order chi connectivity index (χ0) is 6.41. The van der Waals surface area contributed by atoms with E-state index in [2.05, 4.69) is 11.3 Å². The summed E-state index contributed by atoms with van der Waals surface area (Å²) < 4.78 is 4.50. The average Bonchev–Trinajstić information content (AvgIpc) is 2.48. The molecule has 0 atom stereocenters. The number of aliphatic carboxylic acids is 1. The summed E-state index contributed by atoms with van der Waals surface area (Å²) in [6, 6.07) is 0. The third kappa shape index (κ3) is 19.1. The largest absolute Gasteiger partial charge is 0.478 e. The molecular weight excluding hydrogens is 108 g/mol. The van der Waals surface area contributed by atoms with Crippen molar-refractivity contribution in [2.45, 2.75) is 0 Å². The Bertz CT molecular complexity index is 82.9. The molecule has 0 aromatic rings. The Labute approximate surface area is 47.6 Å². The lowest BCUT2D eigenvalue weighted by atomic mass is 10.7. The molecule has 1 heterocycles. The first-order valence-electron chi connectivity index (χ1n) is 2.20. The number of carbonyl (C=O) groups is 1. The third-order valence-corrected chi connectivity index (χ3v) is 0.379. The lowest BCUT2D eigenvalue weighted by Crippen LogP contribution is -1.82. The molecule has 1 saturated heterocycles. The summed E-state index contributed by atoms with van der Waals surface area (Å²) in [5.74, 6) is -0.981. The van der Waals surface area contributed by atoms with E-state index in [-0.39, 0.29) is 0 Å². The molecule has 0 aromatic carbocycles. The van der Waals surface area contributed by atoms with Gasteiger partial charge in [0.15, 0.2) is 0 Å². The normalized spacial score (nSPS) is 13.0. The third-order valence-electron chi connectivity index (χ3n) is 0.379. The highest BCUT2D eigenvalue weighted by molar-refractivity contribution is 5.78. The molecule has 1 rings (SSSR count). The first-order chi connectivity index (χ1) is 3.77. The van der Waals surface area contributed by atoms with Crippen LogP contribution in [0.5, 0.6) is 0 Å². The fraction of sp³-hybridized carbons (Fsp3) is 0.400. The molecule has 0 aliphatic carbocycles. The summed E-state index contributed by atoms with van der Waals surface area (Å²) in [5, 5.41) is 7.60. The molecule has 0 amide bonds. The van der Waals surface area contributed by atoms with E-state index >= 15 is 0 Å². The van der Waals surface area contributed by atoms with Crippen molar-refractivity contribution in [3.8, 4) is 0 Å². The Kier molecular flexibility index (Phi) is 3.88. The van der Waals surface area contributed by atoms with Crippen LogP contribution in [0, 0.1) is 0 Å². The van der Waals surface area contributed by atoms with Crippen LogP contribution in [0.1, 0.15) is 0 Å². The van der Waals surface area contributed by atoms with E-state index in [0.29, 0.717) is 0 Å². The average molecular weight is 116 g/mol. The minimum absolute atomic E-state index is 0.833. The summed E-state index contributed by atoms with van der Waals surface area (Å²) in [5.41, 5.74) is 0. The molecule has 0 radical (unpaired) electrons. The summed E-state index contributed by atoms with van der Waals surface area (Å²) in [6.45, 7) is 4.96. The van der Waals surface area contributed by atoms with Crippen molar-refractivity contribution >= 4 is 5.97 Å². The number of rotatable bonds is 1. The Balaban J connectivity index is 0.000000135. The van der Waals surface area contributed by atoms with Gasteiger partial charge in [-0.1, -0.05) is 6.58 Å². The highest BCUT2D eigenvalue weighted by atomic mass is 16.6. The highest BCUT2D eigenvalue weighted by Gasteiger charge is 1.94. The molecule has 0 bridgehead atoms. The van der Waals surface area contributed by atoms with E-state index in [1.165, 1.54) is 0 Å². The van der Waals surface area contributed by atoms with Crippen molar-refractivity contribution in [3.05, 3.63) is 12.7 Å². The van der Waals surface area contributed by atoms with Crippen molar-refractivity contribution in [2.75, 3.05) is 13.2 Å². The van der Waals surface area contributed by atoms with Gasteiger partial charge < -0.3 is 9.84 Å². The van der Waals surface area contributed by atoms with Crippen LogP contribution in [0.4, 0.5) is 0 Å². The Morgan fingerprint density at radius 3 is 2.00 bits per heavy atom. The minimum atomic E-state index is -0.981. The van der Waals surface area contributed by atoms with Crippen LogP contribution in [-0.2, 0) is 9.53 Å². The summed E-state index contributed by atoms with van der Waals surface area (Å²) in [6.07, 6.45) is 0.833. The van der Waals surface area contributed by atoms with Gasteiger partial charge in [-0.2, -0.15) is 0 Å². The van der Waals surface area contributed by atoms with Crippen molar-refractivity contribution in [1.82, 2.24) is 0 Å². The number of carboxylic acids is 1. The van der Waals surface area contributed by atoms with E-state index in [4.69, 9.17) is 5.11 Å². The van der Waals surface area contributed by atoms with Crippen LogP contribution in [-0.4, -0.2) is 24.3 Å². The molecule has 1 N–H and O–H groups in total. The fourth-order valence-electron chi connectivity index (χ4n) is 0. The predicted molar refractivity (Wildman–Crippen MR) is 28.7 cm³/mol. The molecule has 0 saturated carbocycles. The maximum absolute atomic E-state index is 9.25. The molecule has 46 valence electrons. The van der Waals surface area contributed by atoms with E-state index in [9.17, 15) is 4.79 Å². The second-order valence-corrected chi connectivity index (χ2v) is 1.15. The van der Waals surface area contributed by atoms with Gasteiger partial charge in [-0.15, -0.1) is 0 Å². The van der Waals surface area contributed by atoms with Crippen LogP contribution in [0.2, 0.25) is 0 Å². The zero-order valence-electron chi connectivity index (χ0n) is 4.46. The molecule has 0 spiro atoms. The standard InChI is InChI=1S/C3H4O2.C2H4O/c1-2-3(4)5;1-2-3-1/h2H,1H2,(H,4,5);1-2H2. The van der Waals surface area contributed by atoms with E-state index < -0.39 is 5.97 Å². The molecule has 0 aromatic heterocycles. The number of carboxylic acid groups (broad SMARTS) is 1. The fourth-order valence-corrected chi connectivity index (χ4v) is 0. The molecule has 0 unspecified atom stereocenters. The second-order valence-electron chi connectivity index (χ2n) is 1.15. The molecule has 1 fully saturated rings. The Hall–Kier alpha value is -0.830. The first-order valence-corrected chi connectivity index (χ1v) is 2.20. The van der Waals surface area contributed by atoms with Gasteiger partial charge >= 0.3 is 5.97 Å². The van der Waals surface area contributed by atoms with Crippen molar-refractivity contribution in [2.24, 2.45) is 0 Å². The van der Waals surface area contributed by atoms with Gasteiger partial charge in [0.1, 0.15) is 0 Å².